The van der Waals surface area contributed by atoms with E-state index >= 15 is 0 Å². The van der Waals surface area contributed by atoms with Gasteiger partial charge in [0.15, 0.2) is 0 Å². The molecule has 2 saturated carbocycles. The number of aromatic nitrogens is 2. The van der Waals surface area contributed by atoms with Gasteiger partial charge >= 0.3 is 5.97 Å². The summed E-state index contributed by atoms with van der Waals surface area (Å²) in [6, 6.07) is -2.60. The highest BCUT2D eigenvalue weighted by atomic mass is 16.4. The number of piperidine rings is 1. The Morgan fingerprint density at radius 2 is 1.80 bits per heavy atom. The molecule has 3 N–H and O–H groups in total. The van der Waals surface area contributed by atoms with Crippen molar-refractivity contribution in [3.63, 3.8) is 0 Å². The second-order valence-electron chi connectivity index (χ2n) is 11.2. The maximum absolute atomic E-state index is 13.6. The van der Waals surface area contributed by atoms with Crippen LogP contribution >= 0.6 is 0 Å². The zero-order chi connectivity index (χ0) is 25.3. The van der Waals surface area contributed by atoms with Crippen LogP contribution in [0.4, 0.5) is 0 Å². The maximum Gasteiger partial charge on any atom is 0.326 e. The van der Waals surface area contributed by atoms with Crippen LogP contribution in [0.5, 0.6) is 0 Å². The van der Waals surface area contributed by atoms with E-state index in [-0.39, 0.29) is 29.4 Å². The fourth-order valence-electron chi connectivity index (χ4n) is 5.55. The summed E-state index contributed by atoms with van der Waals surface area (Å²) in [6.07, 6.45) is 9.66. The van der Waals surface area contributed by atoms with Crippen LogP contribution in [0.2, 0.25) is 0 Å². The summed E-state index contributed by atoms with van der Waals surface area (Å²) in [5, 5.41) is 15.5. The van der Waals surface area contributed by atoms with E-state index in [1.54, 1.807) is 0 Å². The number of carboxylic acids is 1. The summed E-state index contributed by atoms with van der Waals surface area (Å²) < 4.78 is 0. The second-order valence-corrected chi connectivity index (χ2v) is 11.2. The van der Waals surface area contributed by atoms with E-state index in [0.717, 1.165) is 38.5 Å². The third kappa shape index (κ3) is 5.46. The lowest BCUT2D eigenvalue weighted by Gasteiger charge is -2.37. The van der Waals surface area contributed by atoms with E-state index in [4.69, 9.17) is 0 Å². The van der Waals surface area contributed by atoms with Crippen molar-refractivity contribution in [1.82, 2.24) is 25.5 Å². The van der Waals surface area contributed by atoms with Gasteiger partial charge in [-0.2, -0.15) is 0 Å². The first-order valence-electron chi connectivity index (χ1n) is 12.5. The fraction of sp³-hybridized carbons (Fsp3) is 0.680. The van der Waals surface area contributed by atoms with Crippen LogP contribution in [0.3, 0.4) is 0 Å². The third-order valence-electron chi connectivity index (χ3n) is 7.57. The highest BCUT2D eigenvalue weighted by Gasteiger charge is 2.58. The number of rotatable bonds is 7. The number of carbonyl (C=O) groups excluding carboxylic acids is 3. The van der Waals surface area contributed by atoms with Crippen molar-refractivity contribution < 1.29 is 24.3 Å². The van der Waals surface area contributed by atoms with Crippen molar-refractivity contribution in [2.24, 2.45) is 23.2 Å². The maximum atomic E-state index is 13.6. The molecule has 5 atom stereocenters. The molecule has 0 spiro atoms. The third-order valence-corrected chi connectivity index (χ3v) is 7.57. The Balaban J connectivity index is 1.54. The largest absolute Gasteiger partial charge is 0.480 e. The Kier molecular flexibility index (Phi) is 7.10. The molecule has 0 bridgehead atoms. The molecule has 0 radical (unpaired) electrons. The standard InChI is InChI=1S/C25H35N5O5/c1-25(2,3)20(23(33)30-13-15-11-16(15)19(30)24(34)35)29-22(32)18(14-7-5-4-6-8-14)28-21(31)17-12-26-9-10-27-17/h9-10,12,14-16,18-20H,4-8,11,13H2,1-3H3,(H,28,31)(H,29,32)(H,34,35)/t15-,16-,18-,19-,20+/m0/s1. The smallest absolute Gasteiger partial charge is 0.326 e. The van der Waals surface area contributed by atoms with Gasteiger partial charge in [-0.15, -0.1) is 0 Å². The molecule has 2 aliphatic carbocycles. The van der Waals surface area contributed by atoms with Gasteiger partial charge in [-0.3, -0.25) is 19.4 Å². The number of nitrogens with zero attached hydrogens (tertiary/aromatic N) is 3. The lowest BCUT2D eigenvalue weighted by Crippen LogP contribution is -2.61. The molecule has 1 aromatic heterocycles. The van der Waals surface area contributed by atoms with Gasteiger partial charge < -0.3 is 20.6 Å². The number of fused-ring (bicyclic) bond motifs is 1. The normalized spacial score (nSPS) is 25.8. The molecule has 35 heavy (non-hydrogen) atoms. The predicted octanol–water partition coefficient (Wildman–Crippen LogP) is 1.62. The van der Waals surface area contributed by atoms with E-state index in [9.17, 15) is 24.3 Å². The number of hydrogen-bond donors (Lipinski definition) is 3. The van der Waals surface area contributed by atoms with Crippen LogP contribution in [-0.2, 0) is 14.4 Å². The van der Waals surface area contributed by atoms with Crippen LogP contribution in [0, 0.1) is 23.2 Å². The molecule has 3 aliphatic rings. The predicted molar refractivity (Wildman–Crippen MR) is 126 cm³/mol. The Labute approximate surface area is 205 Å². The van der Waals surface area contributed by atoms with Crippen molar-refractivity contribution in [1.29, 1.82) is 0 Å². The molecule has 4 rings (SSSR count). The summed E-state index contributed by atoms with van der Waals surface area (Å²) in [5.74, 6) is -2.16. The molecule has 1 aromatic rings. The number of likely N-dealkylation sites (tertiary alicyclic amines) is 1. The number of hydrogen-bond acceptors (Lipinski definition) is 6. The van der Waals surface area contributed by atoms with Crippen molar-refractivity contribution in [3.8, 4) is 0 Å². The highest BCUT2D eigenvalue weighted by molar-refractivity contribution is 5.97. The SMILES string of the molecule is CC(C)(C)[C@H](NC(=O)[C@@H](NC(=O)c1cnccn1)C1CCCCC1)C(=O)N1C[C@@H]2C[C@@H]2[C@H]1C(=O)O. The summed E-state index contributed by atoms with van der Waals surface area (Å²) in [4.78, 5) is 61.3. The summed E-state index contributed by atoms with van der Waals surface area (Å²) in [6.45, 7) is 5.93. The molecule has 10 heteroatoms. The van der Waals surface area contributed by atoms with Crippen LogP contribution in [0.1, 0.15) is 69.8 Å². The minimum atomic E-state index is -1.00. The Bertz CT molecular complexity index is 972. The molecule has 0 aromatic carbocycles. The molecule has 10 nitrogen and oxygen atoms in total. The molecule has 1 saturated heterocycles. The summed E-state index contributed by atoms with van der Waals surface area (Å²) >= 11 is 0. The average Bonchev–Trinajstić information content (AvgIpc) is 3.48. The number of nitrogens with one attached hydrogen (secondary N) is 2. The number of aliphatic carboxylic acids is 1. The van der Waals surface area contributed by atoms with E-state index in [1.807, 2.05) is 20.8 Å². The van der Waals surface area contributed by atoms with Gasteiger partial charge in [0.1, 0.15) is 23.8 Å². The van der Waals surface area contributed by atoms with Crippen LogP contribution in [0.15, 0.2) is 18.6 Å². The van der Waals surface area contributed by atoms with Crippen molar-refractivity contribution >= 4 is 23.7 Å². The lowest BCUT2D eigenvalue weighted by atomic mass is 9.82. The molecule has 3 amide bonds. The number of carbonyl (C=O) groups is 4. The van der Waals surface area contributed by atoms with Gasteiger partial charge in [0.25, 0.3) is 5.91 Å². The minimum absolute atomic E-state index is 0.00553. The average molecular weight is 486 g/mol. The van der Waals surface area contributed by atoms with Gasteiger partial charge in [0, 0.05) is 18.9 Å². The Hall–Kier alpha value is -3.04. The molecular formula is C25H35N5O5. The van der Waals surface area contributed by atoms with Gasteiger partial charge in [-0.25, -0.2) is 9.78 Å². The van der Waals surface area contributed by atoms with Crippen molar-refractivity contribution in [2.75, 3.05) is 6.54 Å². The van der Waals surface area contributed by atoms with Gasteiger partial charge in [-0.05, 0) is 42.4 Å². The topological polar surface area (TPSA) is 142 Å². The van der Waals surface area contributed by atoms with E-state index in [1.165, 1.54) is 23.5 Å². The van der Waals surface area contributed by atoms with Crippen LogP contribution < -0.4 is 10.6 Å². The molecule has 0 unspecified atom stereocenters. The fourth-order valence-corrected chi connectivity index (χ4v) is 5.55. The lowest BCUT2D eigenvalue weighted by molar-refractivity contribution is -0.152. The number of carboxylic acid groups (broad SMARTS) is 1. The van der Waals surface area contributed by atoms with E-state index in [0.29, 0.717) is 6.54 Å². The van der Waals surface area contributed by atoms with Crippen LogP contribution in [-0.4, -0.2) is 68.3 Å². The van der Waals surface area contributed by atoms with E-state index < -0.39 is 41.3 Å². The zero-order valence-corrected chi connectivity index (χ0v) is 20.6. The highest BCUT2D eigenvalue weighted by Crippen LogP contribution is 2.50. The van der Waals surface area contributed by atoms with Gasteiger partial charge in [0.05, 0.1) is 6.20 Å². The van der Waals surface area contributed by atoms with Crippen LogP contribution in [0.25, 0.3) is 0 Å². The second kappa shape index (κ2) is 9.91. The zero-order valence-electron chi connectivity index (χ0n) is 20.6. The molecule has 2 heterocycles. The quantitative estimate of drug-likeness (QED) is 0.533. The van der Waals surface area contributed by atoms with Crippen molar-refractivity contribution in [3.05, 3.63) is 24.3 Å². The molecule has 1 aliphatic heterocycles. The Morgan fingerprint density at radius 1 is 1.09 bits per heavy atom. The monoisotopic (exact) mass is 485 g/mol. The first kappa shape index (κ1) is 25.1. The van der Waals surface area contributed by atoms with Gasteiger partial charge in [0.2, 0.25) is 11.8 Å². The number of amides is 3. The Morgan fingerprint density at radius 3 is 2.40 bits per heavy atom. The van der Waals surface area contributed by atoms with Gasteiger partial charge in [-0.1, -0.05) is 40.0 Å². The summed E-state index contributed by atoms with van der Waals surface area (Å²) in [5.41, 5.74) is -0.542. The first-order valence-corrected chi connectivity index (χ1v) is 12.5. The summed E-state index contributed by atoms with van der Waals surface area (Å²) in [7, 11) is 0. The molecule has 3 fully saturated rings. The van der Waals surface area contributed by atoms with Crippen molar-refractivity contribution in [2.45, 2.75) is 77.4 Å². The minimum Gasteiger partial charge on any atom is -0.480 e. The van der Waals surface area contributed by atoms with E-state index in [2.05, 4.69) is 20.6 Å². The first-order chi connectivity index (χ1) is 16.6. The molecule has 190 valence electrons. The molecular weight excluding hydrogens is 450 g/mol.